The van der Waals surface area contributed by atoms with Gasteiger partial charge in [0, 0.05) is 44.4 Å². The molecule has 3 heteroatoms. The van der Waals surface area contributed by atoms with Crippen LogP contribution in [0.3, 0.4) is 0 Å². The number of anilines is 3. The summed E-state index contributed by atoms with van der Waals surface area (Å²) < 4.78 is 2.69. The van der Waals surface area contributed by atoms with Crippen molar-refractivity contribution in [3.63, 3.8) is 0 Å². The Bertz CT molecular complexity index is 3630. The molecule has 0 unspecified atom stereocenters. The summed E-state index contributed by atoms with van der Waals surface area (Å²) in [5.41, 5.74) is 18.9. The Hall–Kier alpha value is -7.36. The molecule has 0 spiro atoms. The number of rotatable bonds is 3. The number of aryl methyl sites for hydroxylation is 1. The van der Waals surface area contributed by atoms with Gasteiger partial charge in [0.1, 0.15) is 0 Å². The minimum absolute atomic E-state index is 0.0626. The third-order valence-corrected chi connectivity index (χ3v) is 14.0. The summed E-state index contributed by atoms with van der Waals surface area (Å²) >= 11 is 0. The smallest absolute Gasteiger partial charge is 0.333 e. The van der Waals surface area contributed by atoms with Gasteiger partial charge in [-0.05, 0) is 131 Å². The maximum atomic E-state index is 2.69. The zero-order valence-electron chi connectivity index (χ0n) is 35.4. The Morgan fingerprint density at radius 3 is 1.77 bits per heavy atom. The van der Waals surface area contributed by atoms with Gasteiger partial charge in [-0.15, -0.1) is 0 Å². The fraction of sp³-hybridized carbons (Fsp3) is 0.0847. The number of benzene rings is 10. The van der Waals surface area contributed by atoms with Gasteiger partial charge in [0.2, 0.25) is 0 Å². The monoisotopic (exact) mass is 790 g/mol. The van der Waals surface area contributed by atoms with E-state index in [2.05, 4.69) is 225 Å². The number of aromatic nitrogens is 1. The SMILES string of the molecule is Cc1c2ccccc2c(C(C)(C)C)c2cc3c(cc12)B1c2c(cc4ccccc4c2-c2cccc4c5ccccc5n1c24)N3c1cc(-c2ccccc2)cc(-c2ccccc2)c1. The summed E-state index contributed by atoms with van der Waals surface area (Å²) in [6.07, 6.45) is 0. The van der Waals surface area contributed by atoms with Crippen LogP contribution >= 0.6 is 0 Å². The molecular weight excluding hydrogens is 747 g/mol. The summed E-state index contributed by atoms with van der Waals surface area (Å²) in [5.74, 6) is 0. The average Bonchev–Trinajstić information content (AvgIpc) is 3.64. The van der Waals surface area contributed by atoms with Gasteiger partial charge in [-0.25, -0.2) is 0 Å². The largest absolute Gasteiger partial charge is 0.375 e. The molecule has 0 atom stereocenters. The molecule has 1 aromatic heterocycles. The summed E-state index contributed by atoms with van der Waals surface area (Å²) in [5, 5.41) is 10.5. The summed E-state index contributed by atoms with van der Waals surface area (Å²) in [6.45, 7) is 9.42. The van der Waals surface area contributed by atoms with Crippen molar-refractivity contribution in [1.82, 2.24) is 4.48 Å². The number of para-hydroxylation sites is 2. The lowest BCUT2D eigenvalue weighted by molar-refractivity contribution is 0.601. The normalized spacial score (nSPS) is 13.1. The van der Waals surface area contributed by atoms with Crippen LogP contribution in [0.5, 0.6) is 0 Å². The van der Waals surface area contributed by atoms with Gasteiger partial charge in [-0.1, -0.05) is 172 Å². The van der Waals surface area contributed by atoms with Crippen molar-refractivity contribution in [1.29, 1.82) is 0 Å². The first-order valence-corrected chi connectivity index (χ1v) is 22.0. The van der Waals surface area contributed by atoms with E-state index in [1.807, 2.05) is 0 Å². The van der Waals surface area contributed by atoms with E-state index in [1.165, 1.54) is 121 Å². The molecule has 0 N–H and O–H groups in total. The van der Waals surface area contributed by atoms with Crippen molar-refractivity contribution in [2.24, 2.45) is 0 Å². The number of fused-ring (bicyclic) bond motifs is 11. The lowest BCUT2D eigenvalue weighted by Crippen LogP contribution is -2.56. The zero-order valence-corrected chi connectivity index (χ0v) is 35.4. The van der Waals surface area contributed by atoms with Crippen LogP contribution in [0.1, 0.15) is 31.9 Å². The van der Waals surface area contributed by atoms with Crippen LogP contribution in [0.2, 0.25) is 0 Å². The summed E-state index contributed by atoms with van der Waals surface area (Å²) in [6, 6.07) is 70.8. The second-order valence-corrected chi connectivity index (χ2v) is 18.5. The van der Waals surface area contributed by atoms with Gasteiger partial charge in [0.05, 0.1) is 0 Å². The van der Waals surface area contributed by atoms with Crippen molar-refractivity contribution in [3.05, 3.63) is 199 Å². The van der Waals surface area contributed by atoms with Crippen LogP contribution in [0.25, 0.3) is 87.5 Å². The van der Waals surface area contributed by atoms with Crippen LogP contribution in [0.15, 0.2) is 188 Å². The fourth-order valence-corrected chi connectivity index (χ4v) is 11.5. The Morgan fingerprint density at radius 2 is 1.06 bits per heavy atom. The van der Waals surface area contributed by atoms with Gasteiger partial charge < -0.3 is 9.38 Å². The predicted octanol–water partition coefficient (Wildman–Crippen LogP) is 14.6. The molecule has 11 aromatic rings. The van der Waals surface area contributed by atoms with Crippen molar-refractivity contribution < 1.29 is 0 Å². The van der Waals surface area contributed by atoms with Gasteiger partial charge in [-0.2, -0.15) is 0 Å². The van der Waals surface area contributed by atoms with Crippen LogP contribution in [0.4, 0.5) is 17.1 Å². The molecule has 292 valence electrons. The highest BCUT2D eigenvalue weighted by molar-refractivity contribution is 6.90. The molecule has 10 aromatic carbocycles. The van der Waals surface area contributed by atoms with Gasteiger partial charge in [0.25, 0.3) is 0 Å². The maximum Gasteiger partial charge on any atom is 0.333 e. The van der Waals surface area contributed by atoms with E-state index < -0.39 is 0 Å². The Kier molecular flexibility index (Phi) is 7.33. The Morgan fingerprint density at radius 1 is 0.452 bits per heavy atom. The molecule has 2 aliphatic heterocycles. The van der Waals surface area contributed by atoms with E-state index in [1.54, 1.807) is 0 Å². The maximum absolute atomic E-state index is 2.69. The minimum atomic E-state index is -0.110. The average molecular weight is 791 g/mol. The number of hydrogen-bond donors (Lipinski definition) is 0. The molecule has 3 heterocycles. The standard InChI is InChI=1S/C59H43BN2/c1-36-43-23-13-14-26-46(43)56(59(2,3)4)50-35-53-51(34-49(36)50)60-57-54(61(53)42-31-40(37-18-7-5-8-19-37)30-41(32-42)38-20-9-6-10-21-38)33-39-22-11-12-24-44(39)55(57)48-28-17-27-47-45-25-15-16-29-52(45)62(60)58(47)48/h5-35H,1-4H3. The molecule has 0 bridgehead atoms. The first-order chi connectivity index (χ1) is 30.3. The topological polar surface area (TPSA) is 8.17 Å². The Labute approximate surface area is 362 Å². The molecule has 2 nitrogen and oxygen atoms in total. The van der Waals surface area contributed by atoms with Gasteiger partial charge in [-0.3, -0.25) is 0 Å². The molecule has 62 heavy (non-hydrogen) atoms. The lowest BCUT2D eigenvalue weighted by atomic mass is 9.44. The van der Waals surface area contributed by atoms with Crippen molar-refractivity contribution in [2.75, 3.05) is 4.90 Å². The first kappa shape index (κ1) is 35.4. The zero-order chi connectivity index (χ0) is 41.4. The quantitative estimate of drug-likeness (QED) is 0.128. The molecule has 13 rings (SSSR count). The molecule has 0 fully saturated rings. The van der Waals surface area contributed by atoms with E-state index in [-0.39, 0.29) is 12.3 Å². The number of nitrogens with zero attached hydrogens (tertiary/aromatic N) is 2. The van der Waals surface area contributed by atoms with Crippen molar-refractivity contribution >= 4 is 89.0 Å². The highest BCUT2D eigenvalue weighted by Gasteiger charge is 2.44. The summed E-state index contributed by atoms with van der Waals surface area (Å²) in [4.78, 5) is 2.63. The van der Waals surface area contributed by atoms with Crippen LogP contribution < -0.4 is 15.8 Å². The van der Waals surface area contributed by atoms with E-state index in [9.17, 15) is 0 Å². The van der Waals surface area contributed by atoms with Crippen molar-refractivity contribution in [3.8, 4) is 33.4 Å². The highest BCUT2D eigenvalue weighted by atomic mass is 15.2. The predicted molar refractivity (Wildman–Crippen MR) is 267 cm³/mol. The van der Waals surface area contributed by atoms with E-state index in [0.29, 0.717) is 0 Å². The third kappa shape index (κ3) is 4.88. The second kappa shape index (κ2) is 12.8. The van der Waals surface area contributed by atoms with Crippen LogP contribution in [-0.4, -0.2) is 11.3 Å². The molecule has 0 aliphatic carbocycles. The first-order valence-electron chi connectivity index (χ1n) is 22.0. The number of hydrogen-bond acceptors (Lipinski definition) is 1. The summed E-state index contributed by atoms with van der Waals surface area (Å²) in [7, 11) is 0. The molecule has 2 aliphatic rings. The van der Waals surface area contributed by atoms with E-state index in [4.69, 9.17) is 0 Å². The molecule has 0 saturated heterocycles. The van der Waals surface area contributed by atoms with E-state index >= 15 is 0 Å². The van der Waals surface area contributed by atoms with E-state index in [0.717, 1.165) is 5.69 Å². The third-order valence-electron chi connectivity index (χ3n) is 14.0. The minimum Gasteiger partial charge on any atom is -0.375 e. The molecular formula is C59H43BN2. The van der Waals surface area contributed by atoms with Gasteiger partial charge >= 0.3 is 6.85 Å². The second-order valence-electron chi connectivity index (χ2n) is 18.5. The van der Waals surface area contributed by atoms with Gasteiger partial charge in [0.15, 0.2) is 0 Å². The molecule has 0 saturated carbocycles. The highest BCUT2D eigenvalue weighted by Crippen LogP contribution is 2.50. The molecule has 0 amide bonds. The fourth-order valence-electron chi connectivity index (χ4n) is 11.5. The van der Waals surface area contributed by atoms with Crippen molar-refractivity contribution in [2.45, 2.75) is 33.1 Å². The van der Waals surface area contributed by atoms with Crippen LogP contribution in [-0.2, 0) is 5.41 Å². The lowest BCUT2D eigenvalue weighted by Gasteiger charge is -2.42. The Balaban J connectivity index is 1.24. The molecule has 0 radical (unpaired) electrons. The van der Waals surface area contributed by atoms with Crippen LogP contribution in [0, 0.1) is 6.92 Å².